The maximum Gasteiger partial charge on any atom is 0.218 e. The van der Waals surface area contributed by atoms with E-state index in [0.29, 0.717) is 12.2 Å². The number of nitrogens with one attached hydrogen (secondary N) is 1. The number of aromatic nitrogens is 2. The van der Waals surface area contributed by atoms with Crippen LogP contribution in [0.4, 0.5) is 10.8 Å². The molecule has 1 amide bonds. The highest BCUT2D eigenvalue weighted by Gasteiger charge is 2.10. The molecule has 0 aliphatic rings. The van der Waals surface area contributed by atoms with Crippen molar-refractivity contribution in [3.05, 3.63) is 29.3 Å². The largest absolute Gasteiger partial charge is 0.370 e. The van der Waals surface area contributed by atoms with E-state index in [1.165, 1.54) is 34.2 Å². The van der Waals surface area contributed by atoms with Gasteiger partial charge < -0.3 is 11.1 Å². The number of thioether (sulfide) groups is 1. The van der Waals surface area contributed by atoms with E-state index in [9.17, 15) is 4.79 Å². The van der Waals surface area contributed by atoms with Crippen molar-refractivity contribution in [3.63, 3.8) is 0 Å². The highest BCUT2D eigenvalue weighted by molar-refractivity contribution is 8.01. The highest BCUT2D eigenvalue weighted by atomic mass is 32.2. The van der Waals surface area contributed by atoms with Gasteiger partial charge in [-0.2, -0.15) is 0 Å². The molecule has 118 valence electrons. The van der Waals surface area contributed by atoms with Crippen LogP contribution in [0.2, 0.25) is 0 Å². The summed E-state index contributed by atoms with van der Waals surface area (Å²) >= 11 is 3.00. The Morgan fingerprint density at radius 1 is 1.27 bits per heavy atom. The molecule has 2 aromatic rings. The molecule has 5 nitrogen and oxygen atoms in total. The lowest BCUT2D eigenvalue weighted by molar-refractivity contribution is -0.117. The van der Waals surface area contributed by atoms with E-state index in [1.807, 2.05) is 0 Å². The maximum absolute atomic E-state index is 10.7. The molecule has 3 N–H and O–H groups in total. The van der Waals surface area contributed by atoms with Gasteiger partial charge >= 0.3 is 0 Å². The van der Waals surface area contributed by atoms with Crippen molar-refractivity contribution in [2.24, 2.45) is 5.73 Å². The van der Waals surface area contributed by atoms with Gasteiger partial charge in [0.15, 0.2) is 4.34 Å². The number of anilines is 2. The SMILES string of the molecule is CCc1cccc(CC)c1Nc1nnc(SCCC(N)=O)s1. The predicted molar refractivity (Wildman–Crippen MR) is 92.9 cm³/mol. The van der Waals surface area contributed by atoms with E-state index in [4.69, 9.17) is 5.73 Å². The third-order valence-corrected chi connectivity index (χ3v) is 5.18. The summed E-state index contributed by atoms with van der Waals surface area (Å²) in [6.45, 7) is 4.29. The fourth-order valence-electron chi connectivity index (χ4n) is 2.07. The Kier molecular flexibility index (Phi) is 6.21. The van der Waals surface area contributed by atoms with Gasteiger partial charge in [-0.1, -0.05) is 55.1 Å². The van der Waals surface area contributed by atoms with Crippen LogP contribution in [-0.4, -0.2) is 21.9 Å². The van der Waals surface area contributed by atoms with Gasteiger partial charge in [0, 0.05) is 17.9 Å². The fraction of sp³-hybridized carbons (Fsp3) is 0.400. The molecule has 1 heterocycles. The molecule has 0 fully saturated rings. The monoisotopic (exact) mass is 336 g/mol. The molecule has 2 rings (SSSR count). The number of para-hydroxylation sites is 1. The van der Waals surface area contributed by atoms with E-state index >= 15 is 0 Å². The lowest BCUT2D eigenvalue weighted by Crippen LogP contribution is -2.10. The summed E-state index contributed by atoms with van der Waals surface area (Å²) in [4.78, 5) is 10.7. The van der Waals surface area contributed by atoms with Crippen molar-refractivity contribution in [2.45, 2.75) is 37.4 Å². The molecule has 0 bridgehead atoms. The zero-order valence-corrected chi connectivity index (χ0v) is 14.4. The third kappa shape index (κ3) is 4.45. The van der Waals surface area contributed by atoms with Crippen LogP contribution in [0, 0.1) is 0 Å². The minimum absolute atomic E-state index is 0.292. The average molecular weight is 336 g/mol. The summed E-state index contributed by atoms with van der Waals surface area (Å²) in [5.41, 5.74) is 8.82. The molecule has 0 saturated heterocycles. The smallest absolute Gasteiger partial charge is 0.218 e. The van der Waals surface area contributed by atoms with Crippen molar-refractivity contribution in [3.8, 4) is 0 Å². The minimum atomic E-state index is -0.292. The summed E-state index contributed by atoms with van der Waals surface area (Å²) in [6, 6.07) is 6.35. The molecule has 0 aliphatic carbocycles. The van der Waals surface area contributed by atoms with Gasteiger partial charge in [-0.3, -0.25) is 4.79 Å². The van der Waals surface area contributed by atoms with Gasteiger partial charge in [0.05, 0.1) is 0 Å². The van der Waals surface area contributed by atoms with Gasteiger partial charge in [0.1, 0.15) is 0 Å². The topological polar surface area (TPSA) is 80.9 Å². The second kappa shape index (κ2) is 8.14. The zero-order chi connectivity index (χ0) is 15.9. The van der Waals surface area contributed by atoms with Crippen LogP contribution >= 0.6 is 23.1 Å². The van der Waals surface area contributed by atoms with Crippen LogP contribution in [0.15, 0.2) is 22.5 Å². The van der Waals surface area contributed by atoms with Gasteiger partial charge in [0.25, 0.3) is 0 Å². The van der Waals surface area contributed by atoms with Gasteiger partial charge in [-0.15, -0.1) is 10.2 Å². The Hall–Kier alpha value is -1.60. The molecular weight excluding hydrogens is 316 g/mol. The van der Waals surface area contributed by atoms with Crippen molar-refractivity contribution in [1.29, 1.82) is 0 Å². The highest BCUT2D eigenvalue weighted by Crippen LogP contribution is 2.31. The van der Waals surface area contributed by atoms with Gasteiger partial charge in [-0.25, -0.2) is 0 Å². The number of hydrogen-bond acceptors (Lipinski definition) is 6. The summed E-state index contributed by atoms with van der Waals surface area (Å²) in [7, 11) is 0. The number of hydrogen-bond donors (Lipinski definition) is 2. The van der Waals surface area contributed by atoms with Crippen molar-refractivity contribution in [2.75, 3.05) is 11.1 Å². The molecule has 0 aliphatic heterocycles. The van der Waals surface area contributed by atoms with E-state index < -0.39 is 0 Å². The molecule has 7 heteroatoms. The van der Waals surface area contributed by atoms with Crippen molar-refractivity contribution in [1.82, 2.24) is 10.2 Å². The number of nitrogens with zero attached hydrogens (tertiary/aromatic N) is 2. The van der Waals surface area contributed by atoms with Crippen LogP contribution in [0.5, 0.6) is 0 Å². The molecule has 0 spiro atoms. The molecule has 0 saturated carbocycles. The van der Waals surface area contributed by atoms with E-state index in [1.54, 1.807) is 0 Å². The number of carbonyl (C=O) groups is 1. The number of benzene rings is 1. The quantitative estimate of drug-likeness (QED) is 0.722. The van der Waals surface area contributed by atoms with E-state index in [2.05, 4.69) is 47.6 Å². The Morgan fingerprint density at radius 3 is 2.55 bits per heavy atom. The molecule has 0 atom stereocenters. The fourth-order valence-corrected chi connectivity index (χ4v) is 3.85. The normalized spacial score (nSPS) is 10.6. The first kappa shape index (κ1) is 16.8. The Labute approximate surface area is 138 Å². The number of carbonyl (C=O) groups excluding carboxylic acids is 1. The first-order valence-electron chi connectivity index (χ1n) is 7.26. The van der Waals surface area contributed by atoms with Crippen LogP contribution in [0.1, 0.15) is 31.4 Å². The van der Waals surface area contributed by atoms with Crippen molar-refractivity contribution >= 4 is 39.8 Å². The van der Waals surface area contributed by atoms with Gasteiger partial charge in [-0.05, 0) is 24.0 Å². The lowest BCUT2D eigenvalue weighted by Gasteiger charge is -2.13. The summed E-state index contributed by atoms with van der Waals surface area (Å²) in [5, 5.41) is 12.5. The molecule has 0 unspecified atom stereocenters. The number of rotatable bonds is 8. The summed E-state index contributed by atoms with van der Waals surface area (Å²) < 4.78 is 0.843. The second-order valence-electron chi connectivity index (χ2n) is 4.72. The third-order valence-electron chi connectivity index (χ3n) is 3.21. The van der Waals surface area contributed by atoms with Crippen LogP contribution in [0.25, 0.3) is 0 Å². The second-order valence-corrected chi connectivity index (χ2v) is 7.04. The van der Waals surface area contributed by atoms with Crippen LogP contribution in [-0.2, 0) is 17.6 Å². The Bertz CT molecular complexity index is 620. The first-order valence-corrected chi connectivity index (χ1v) is 9.06. The lowest BCUT2D eigenvalue weighted by atomic mass is 10.0. The Balaban J connectivity index is 2.08. The number of nitrogens with two attached hydrogens (primary N) is 1. The zero-order valence-electron chi connectivity index (χ0n) is 12.8. The van der Waals surface area contributed by atoms with Gasteiger partial charge in [0.2, 0.25) is 11.0 Å². The molecule has 22 heavy (non-hydrogen) atoms. The standard InChI is InChI=1S/C15H20N4OS2/c1-3-10-6-5-7-11(4-2)13(10)17-14-18-19-15(22-14)21-9-8-12(16)20/h5-7H,3-4,8-9H2,1-2H3,(H2,16,20)(H,17,18). The summed E-state index contributed by atoms with van der Waals surface area (Å²) in [5.74, 6) is 0.343. The molecular formula is C15H20N4OS2. The molecule has 0 radical (unpaired) electrons. The molecule has 1 aromatic carbocycles. The molecule has 1 aromatic heterocycles. The van der Waals surface area contributed by atoms with E-state index in [-0.39, 0.29) is 5.91 Å². The van der Waals surface area contributed by atoms with Crippen molar-refractivity contribution < 1.29 is 4.79 Å². The van der Waals surface area contributed by atoms with Crippen LogP contribution < -0.4 is 11.1 Å². The Morgan fingerprint density at radius 2 is 1.95 bits per heavy atom. The average Bonchev–Trinajstić information content (AvgIpc) is 2.94. The summed E-state index contributed by atoms with van der Waals surface area (Å²) in [6.07, 6.45) is 2.29. The number of amides is 1. The first-order chi connectivity index (χ1) is 10.6. The minimum Gasteiger partial charge on any atom is -0.370 e. The number of primary amides is 1. The van der Waals surface area contributed by atoms with Crippen LogP contribution in [0.3, 0.4) is 0 Å². The maximum atomic E-state index is 10.7. The predicted octanol–water partition coefficient (Wildman–Crippen LogP) is 3.37. The number of aryl methyl sites for hydroxylation is 2. The van der Waals surface area contributed by atoms with E-state index in [0.717, 1.165) is 28.0 Å².